The van der Waals surface area contributed by atoms with Crippen molar-refractivity contribution in [2.24, 2.45) is 0 Å². The van der Waals surface area contributed by atoms with E-state index in [9.17, 15) is 30.6 Å². The number of hydrogen-bond acceptors (Lipinski definition) is 12. The zero-order valence-corrected chi connectivity index (χ0v) is 16.6. The van der Waals surface area contributed by atoms with E-state index in [0.29, 0.717) is 0 Å². The largest absolute Gasteiger partial charge is 0.394 e. The van der Waals surface area contributed by atoms with Gasteiger partial charge in [0.2, 0.25) is 0 Å². The van der Waals surface area contributed by atoms with E-state index in [1.807, 2.05) is 0 Å². The van der Waals surface area contributed by atoms with Crippen molar-refractivity contribution < 1.29 is 60.2 Å². The molecule has 0 radical (unpaired) electrons. The predicted molar refractivity (Wildman–Crippen MR) is 97.7 cm³/mol. The monoisotopic (exact) mass is 442 g/mol. The van der Waals surface area contributed by atoms with Crippen LogP contribution in [0.5, 0.6) is 0 Å². The van der Waals surface area contributed by atoms with Gasteiger partial charge < -0.3 is 60.2 Å². The quantitative estimate of drug-likeness (QED) is 0.203. The summed E-state index contributed by atoms with van der Waals surface area (Å²) >= 11 is 0. The van der Waals surface area contributed by atoms with Crippen LogP contribution in [0.15, 0.2) is 0 Å². The fourth-order valence-electron chi connectivity index (χ4n) is 3.57. The molecule has 12 heteroatoms. The predicted octanol–water partition coefficient (Wildman–Crippen LogP) is -4.09. The zero-order chi connectivity index (χ0) is 22.4. The molecule has 178 valence electrons. The van der Waals surface area contributed by atoms with Crippen LogP contribution in [0.25, 0.3) is 0 Å². The Labute approximate surface area is 173 Å². The van der Waals surface area contributed by atoms with E-state index in [1.54, 1.807) is 0 Å². The van der Waals surface area contributed by atoms with Gasteiger partial charge in [0.25, 0.3) is 0 Å². The lowest BCUT2D eigenvalue weighted by atomic mass is 9.98. The van der Waals surface area contributed by atoms with Gasteiger partial charge in [-0.2, -0.15) is 0 Å². The number of hydrogen-bond donors (Lipinski definition) is 9. The van der Waals surface area contributed by atoms with Gasteiger partial charge in [-0.25, -0.2) is 0 Å². The third-order valence-corrected chi connectivity index (χ3v) is 5.54. The van der Waals surface area contributed by atoms with Gasteiger partial charge in [0, 0.05) is 0 Å². The topological polar surface area (TPSA) is 210 Å². The minimum Gasteiger partial charge on any atom is -0.394 e. The Morgan fingerprint density at radius 2 is 0.967 bits per heavy atom. The van der Waals surface area contributed by atoms with Gasteiger partial charge in [-0.1, -0.05) is 19.3 Å². The Hall–Kier alpha value is -0.480. The maximum absolute atomic E-state index is 9.84. The molecule has 2 saturated heterocycles. The van der Waals surface area contributed by atoms with E-state index in [0.717, 1.165) is 12.8 Å². The highest BCUT2D eigenvalue weighted by atomic mass is 16.8. The van der Waals surface area contributed by atoms with Gasteiger partial charge in [0.05, 0.1) is 19.3 Å². The molecule has 12 nitrogen and oxygen atoms in total. The molecule has 2 aliphatic heterocycles. The van der Waals surface area contributed by atoms with Crippen molar-refractivity contribution in [3.8, 4) is 0 Å². The summed E-state index contributed by atoms with van der Waals surface area (Å²) < 4.78 is 15.3. The number of ether oxygens (including phenoxy) is 3. The summed E-state index contributed by atoms with van der Waals surface area (Å²) in [6.07, 6.45) is -9.67. The molecule has 0 spiro atoms. The first kappa shape index (κ1) is 25.8. The van der Waals surface area contributed by atoms with Crippen LogP contribution in [0.1, 0.15) is 32.1 Å². The molecule has 0 unspecified atom stereocenters. The molecular formula is C18H34O12. The standard InChI is InChI=1S/C12H22O11.C6H12O/c13-1-3-5(15)7(17)9(19)11(21-3)23-12-10(20)8(18)6(16)4(2-14)22-12;7-6-4-2-1-3-5-6/h3-20H,1-2H2;6-7H,1-5H2/t3-,4-,5-,6-,7+,8+,9-,10-,11-,12-;/m1./s1. The lowest BCUT2D eigenvalue weighted by molar-refractivity contribution is -0.376. The first-order chi connectivity index (χ1) is 14.2. The van der Waals surface area contributed by atoms with Gasteiger partial charge in [-0.05, 0) is 12.8 Å². The van der Waals surface area contributed by atoms with Crippen LogP contribution in [0.2, 0.25) is 0 Å². The second-order valence-corrected chi connectivity index (χ2v) is 7.82. The number of rotatable bonds is 4. The molecule has 10 atom stereocenters. The number of aliphatic hydroxyl groups excluding tert-OH is 9. The highest BCUT2D eigenvalue weighted by molar-refractivity contribution is 4.92. The van der Waals surface area contributed by atoms with E-state index in [4.69, 9.17) is 29.5 Å². The van der Waals surface area contributed by atoms with Crippen molar-refractivity contribution in [3.05, 3.63) is 0 Å². The summed E-state index contributed by atoms with van der Waals surface area (Å²) in [7, 11) is 0. The van der Waals surface area contributed by atoms with Crippen molar-refractivity contribution >= 4 is 0 Å². The third kappa shape index (κ3) is 6.28. The number of aliphatic hydroxyl groups is 9. The zero-order valence-electron chi connectivity index (χ0n) is 16.6. The Morgan fingerprint density at radius 3 is 1.27 bits per heavy atom. The minimum atomic E-state index is -1.72. The van der Waals surface area contributed by atoms with E-state index < -0.39 is 74.6 Å². The molecule has 0 bridgehead atoms. The van der Waals surface area contributed by atoms with Crippen molar-refractivity contribution in [2.75, 3.05) is 13.2 Å². The Kier molecular flexibility index (Phi) is 10.3. The summed E-state index contributed by atoms with van der Waals surface area (Å²) in [6, 6.07) is 0. The van der Waals surface area contributed by atoms with E-state index >= 15 is 0 Å². The first-order valence-electron chi connectivity index (χ1n) is 10.2. The molecule has 30 heavy (non-hydrogen) atoms. The normalized spacial score (nSPS) is 45.5. The molecule has 1 aliphatic carbocycles. The summed E-state index contributed by atoms with van der Waals surface area (Å²) in [4.78, 5) is 0. The fraction of sp³-hybridized carbons (Fsp3) is 1.00. The maximum atomic E-state index is 9.84. The van der Waals surface area contributed by atoms with Crippen LogP contribution in [0.4, 0.5) is 0 Å². The van der Waals surface area contributed by atoms with Crippen molar-refractivity contribution in [3.63, 3.8) is 0 Å². The summed E-state index contributed by atoms with van der Waals surface area (Å²) in [5, 5.41) is 85.4. The third-order valence-electron chi connectivity index (χ3n) is 5.54. The Morgan fingerprint density at radius 1 is 0.567 bits per heavy atom. The fourth-order valence-corrected chi connectivity index (χ4v) is 3.57. The molecule has 9 N–H and O–H groups in total. The molecule has 0 aromatic rings. The van der Waals surface area contributed by atoms with E-state index in [-0.39, 0.29) is 6.10 Å². The summed E-state index contributed by atoms with van der Waals surface area (Å²) in [5.41, 5.74) is 0. The molecule has 0 aromatic heterocycles. The van der Waals surface area contributed by atoms with Gasteiger partial charge >= 0.3 is 0 Å². The van der Waals surface area contributed by atoms with E-state index in [2.05, 4.69) is 0 Å². The van der Waals surface area contributed by atoms with Crippen LogP contribution in [0.3, 0.4) is 0 Å². The molecule has 3 rings (SSSR count). The second kappa shape index (κ2) is 11.9. The van der Waals surface area contributed by atoms with Crippen LogP contribution < -0.4 is 0 Å². The summed E-state index contributed by atoms with van der Waals surface area (Å²) in [6.45, 7) is -1.33. The van der Waals surface area contributed by atoms with Crippen LogP contribution >= 0.6 is 0 Å². The lowest BCUT2D eigenvalue weighted by Crippen LogP contribution is -2.63. The SMILES string of the molecule is OC1CCCCC1.OC[C@H]1O[C@H](O[C@H]2O[C@H](CO)[C@@H](O)[C@H](O)[C@H]2O)[C@H](O)[C@@H](O)[C@@H]1O. The smallest absolute Gasteiger partial charge is 0.189 e. The molecule has 0 amide bonds. The van der Waals surface area contributed by atoms with Crippen molar-refractivity contribution in [2.45, 2.75) is 99.6 Å². The Bertz CT molecular complexity index is 452. The second-order valence-electron chi connectivity index (χ2n) is 7.82. The van der Waals surface area contributed by atoms with Gasteiger partial charge in [0.1, 0.15) is 48.8 Å². The van der Waals surface area contributed by atoms with E-state index in [1.165, 1.54) is 19.3 Å². The molecule has 0 aromatic carbocycles. The molecule has 3 aliphatic rings. The van der Waals surface area contributed by atoms with Crippen molar-refractivity contribution in [1.82, 2.24) is 0 Å². The first-order valence-corrected chi connectivity index (χ1v) is 10.2. The van der Waals surface area contributed by atoms with Crippen LogP contribution in [-0.4, -0.2) is 127 Å². The minimum absolute atomic E-state index is 0.0359. The van der Waals surface area contributed by atoms with Crippen molar-refractivity contribution in [1.29, 1.82) is 0 Å². The van der Waals surface area contributed by atoms with Gasteiger partial charge in [-0.3, -0.25) is 0 Å². The lowest BCUT2D eigenvalue weighted by Gasteiger charge is -2.44. The molecule has 3 fully saturated rings. The Balaban J connectivity index is 0.000000386. The molecule has 1 saturated carbocycles. The highest BCUT2D eigenvalue weighted by Gasteiger charge is 2.49. The summed E-state index contributed by atoms with van der Waals surface area (Å²) in [5.74, 6) is 0. The van der Waals surface area contributed by atoms with Crippen LogP contribution in [-0.2, 0) is 14.2 Å². The average molecular weight is 442 g/mol. The van der Waals surface area contributed by atoms with Gasteiger partial charge in [0.15, 0.2) is 12.6 Å². The molecular weight excluding hydrogens is 408 g/mol. The maximum Gasteiger partial charge on any atom is 0.189 e. The van der Waals surface area contributed by atoms with Crippen LogP contribution in [0, 0.1) is 0 Å². The molecule has 2 heterocycles. The highest BCUT2D eigenvalue weighted by Crippen LogP contribution is 2.27. The van der Waals surface area contributed by atoms with Gasteiger partial charge in [-0.15, -0.1) is 0 Å². The average Bonchev–Trinajstić information content (AvgIpc) is 2.75.